The molecule has 1 aliphatic carbocycles. The summed E-state index contributed by atoms with van der Waals surface area (Å²) in [5.41, 5.74) is 0.828. The van der Waals surface area contributed by atoms with Gasteiger partial charge in [0, 0.05) is 38.1 Å². The van der Waals surface area contributed by atoms with Gasteiger partial charge in [-0.1, -0.05) is 0 Å². The van der Waals surface area contributed by atoms with E-state index in [1.165, 1.54) is 18.2 Å². The number of hydrogen-bond acceptors (Lipinski definition) is 8. The average Bonchev–Trinajstić information content (AvgIpc) is 2.68. The van der Waals surface area contributed by atoms with Gasteiger partial charge in [-0.3, -0.25) is 9.59 Å². The largest absolute Gasteiger partial charge is 0.507 e. The molecule has 0 saturated carbocycles. The lowest BCUT2D eigenvalue weighted by Gasteiger charge is -2.24. The zero-order valence-corrected chi connectivity index (χ0v) is 15.8. The second-order valence-corrected chi connectivity index (χ2v) is 6.37. The van der Waals surface area contributed by atoms with E-state index in [1.807, 2.05) is 0 Å². The Labute approximate surface area is 162 Å². The van der Waals surface area contributed by atoms with E-state index >= 15 is 0 Å². The molecule has 0 bridgehead atoms. The molecule has 0 aliphatic heterocycles. The molecule has 0 atom stereocenters. The van der Waals surface area contributed by atoms with Crippen LogP contribution in [0.25, 0.3) is 0 Å². The number of rotatable bonds is 8. The summed E-state index contributed by atoms with van der Waals surface area (Å²) in [7, 11) is 3.36. The summed E-state index contributed by atoms with van der Waals surface area (Å²) in [5.74, 6) is -1.58. The summed E-state index contributed by atoms with van der Waals surface area (Å²) < 4.78 is 5.00. The number of ether oxygens (including phenoxy) is 1. The zero-order valence-electron chi connectivity index (χ0n) is 15.8. The summed E-state index contributed by atoms with van der Waals surface area (Å²) in [4.78, 5) is 26.5. The first-order valence-electron chi connectivity index (χ1n) is 8.93. The van der Waals surface area contributed by atoms with Crippen molar-refractivity contribution in [3.63, 3.8) is 0 Å². The fraction of sp³-hybridized carbons (Fsp3) is 0.300. The van der Waals surface area contributed by atoms with Crippen molar-refractivity contribution in [3.8, 4) is 11.5 Å². The van der Waals surface area contributed by atoms with E-state index in [9.17, 15) is 19.8 Å². The Morgan fingerprint density at radius 1 is 0.786 bits per heavy atom. The van der Waals surface area contributed by atoms with E-state index in [4.69, 9.17) is 4.74 Å². The Balaban J connectivity index is 2.12. The van der Waals surface area contributed by atoms with Gasteiger partial charge in [0.2, 0.25) is 11.6 Å². The van der Waals surface area contributed by atoms with Crippen LogP contribution in [0.1, 0.15) is 31.8 Å². The first-order chi connectivity index (χ1) is 13.5. The second kappa shape index (κ2) is 8.28. The molecule has 148 valence electrons. The second-order valence-electron chi connectivity index (χ2n) is 6.37. The van der Waals surface area contributed by atoms with Gasteiger partial charge in [-0.25, -0.2) is 0 Å². The van der Waals surface area contributed by atoms with Gasteiger partial charge < -0.3 is 30.9 Å². The monoisotopic (exact) mass is 385 g/mol. The molecule has 0 fully saturated rings. The van der Waals surface area contributed by atoms with Crippen LogP contribution in [0.15, 0.2) is 24.3 Å². The minimum absolute atomic E-state index is 0.0521. The van der Waals surface area contributed by atoms with Crippen molar-refractivity contribution < 1.29 is 24.5 Å². The molecule has 28 heavy (non-hydrogen) atoms. The Hall–Kier alpha value is -3.10. The van der Waals surface area contributed by atoms with Crippen LogP contribution >= 0.6 is 0 Å². The number of ketones is 2. The molecule has 0 aromatic heterocycles. The van der Waals surface area contributed by atoms with Crippen LogP contribution in [0.2, 0.25) is 0 Å². The Kier molecular flexibility index (Phi) is 5.81. The van der Waals surface area contributed by atoms with E-state index in [0.29, 0.717) is 37.6 Å². The van der Waals surface area contributed by atoms with Gasteiger partial charge >= 0.3 is 0 Å². The normalized spacial score (nSPS) is 12.5. The Morgan fingerprint density at radius 2 is 1.29 bits per heavy atom. The third-order valence-corrected chi connectivity index (χ3v) is 4.59. The highest BCUT2D eigenvalue weighted by atomic mass is 16.5. The standard InChI is InChI=1S/C20H23N3O5/c1-21-7-8-22-11-3-5-13(24)17-15(11)19(26)18-14(25)6-4-12(16(18)20(17)27)23-9-10-28-2/h3-6,21-25H,7-10H2,1-2H3. The molecular formula is C20H23N3O5. The van der Waals surface area contributed by atoms with E-state index < -0.39 is 11.6 Å². The van der Waals surface area contributed by atoms with Crippen LogP contribution in [0.3, 0.4) is 0 Å². The highest BCUT2D eigenvalue weighted by molar-refractivity contribution is 6.33. The molecule has 5 N–H and O–H groups in total. The number of aromatic hydroxyl groups is 2. The summed E-state index contributed by atoms with van der Waals surface area (Å²) in [6.07, 6.45) is 0. The van der Waals surface area contributed by atoms with Gasteiger partial charge in [-0.2, -0.15) is 0 Å². The van der Waals surface area contributed by atoms with Crippen LogP contribution < -0.4 is 16.0 Å². The number of carbonyl (C=O) groups excluding carboxylic acids is 2. The smallest absolute Gasteiger partial charge is 0.200 e. The SMILES string of the molecule is CNCCNc1ccc(O)c2c1C(=O)c1c(O)ccc(NCCOC)c1C2=O. The number of anilines is 2. The number of benzene rings is 2. The van der Waals surface area contributed by atoms with Gasteiger partial charge in [-0.05, 0) is 31.3 Å². The van der Waals surface area contributed by atoms with E-state index in [1.54, 1.807) is 20.2 Å². The van der Waals surface area contributed by atoms with Crippen molar-refractivity contribution in [1.29, 1.82) is 0 Å². The predicted octanol–water partition coefficient (Wildman–Crippen LogP) is 1.56. The van der Waals surface area contributed by atoms with E-state index in [-0.39, 0.29) is 33.8 Å². The molecule has 8 nitrogen and oxygen atoms in total. The Morgan fingerprint density at radius 3 is 1.75 bits per heavy atom. The van der Waals surface area contributed by atoms with Crippen LogP contribution in [0.4, 0.5) is 11.4 Å². The lowest BCUT2D eigenvalue weighted by Crippen LogP contribution is -2.26. The third-order valence-electron chi connectivity index (χ3n) is 4.59. The lowest BCUT2D eigenvalue weighted by molar-refractivity contribution is 0.0975. The number of phenolic OH excluding ortho intramolecular Hbond substituents is 2. The van der Waals surface area contributed by atoms with Crippen molar-refractivity contribution in [1.82, 2.24) is 5.32 Å². The summed E-state index contributed by atoms with van der Waals surface area (Å²) in [6, 6.07) is 5.85. The van der Waals surface area contributed by atoms with Gasteiger partial charge in [0.05, 0.1) is 28.9 Å². The van der Waals surface area contributed by atoms with Crippen LogP contribution in [-0.2, 0) is 4.74 Å². The number of phenols is 2. The maximum absolute atomic E-state index is 13.2. The third kappa shape index (κ3) is 3.39. The maximum Gasteiger partial charge on any atom is 0.200 e. The van der Waals surface area contributed by atoms with E-state index in [2.05, 4.69) is 16.0 Å². The number of nitrogens with one attached hydrogen (secondary N) is 3. The van der Waals surface area contributed by atoms with Gasteiger partial charge in [0.1, 0.15) is 11.5 Å². The minimum atomic E-state index is -0.518. The molecule has 3 rings (SSSR count). The molecule has 1 aliphatic rings. The van der Waals surface area contributed by atoms with Crippen LogP contribution in [-0.4, -0.2) is 62.2 Å². The minimum Gasteiger partial charge on any atom is -0.507 e. The highest BCUT2D eigenvalue weighted by Crippen LogP contribution is 2.42. The molecule has 0 unspecified atom stereocenters. The molecule has 0 saturated heterocycles. The number of fused-ring (bicyclic) bond motifs is 2. The number of hydrogen-bond donors (Lipinski definition) is 5. The number of methoxy groups -OCH3 is 1. The highest BCUT2D eigenvalue weighted by Gasteiger charge is 2.37. The summed E-state index contributed by atoms with van der Waals surface area (Å²) in [5, 5.41) is 29.8. The summed E-state index contributed by atoms with van der Waals surface area (Å²) >= 11 is 0. The molecule has 8 heteroatoms. The topological polar surface area (TPSA) is 120 Å². The number of likely N-dealkylation sites (N-methyl/N-ethyl adjacent to an activating group) is 1. The summed E-state index contributed by atoms with van der Waals surface area (Å²) in [6.45, 7) is 1.98. The fourth-order valence-electron chi connectivity index (χ4n) is 3.27. The molecule has 0 radical (unpaired) electrons. The van der Waals surface area contributed by atoms with Crippen molar-refractivity contribution >= 4 is 22.9 Å². The first-order valence-corrected chi connectivity index (χ1v) is 8.93. The maximum atomic E-state index is 13.2. The lowest BCUT2D eigenvalue weighted by atomic mass is 9.81. The van der Waals surface area contributed by atoms with Crippen molar-refractivity contribution in [2.75, 3.05) is 51.0 Å². The fourth-order valence-corrected chi connectivity index (χ4v) is 3.27. The van der Waals surface area contributed by atoms with E-state index in [0.717, 1.165) is 0 Å². The molecule has 0 heterocycles. The van der Waals surface area contributed by atoms with Crippen LogP contribution in [0, 0.1) is 0 Å². The van der Waals surface area contributed by atoms with Crippen molar-refractivity contribution in [3.05, 3.63) is 46.5 Å². The zero-order chi connectivity index (χ0) is 20.3. The number of carbonyl (C=O) groups is 2. The van der Waals surface area contributed by atoms with Crippen molar-refractivity contribution in [2.24, 2.45) is 0 Å². The average molecular weight is 385 g/mol. The molecule has 0 spiro atoms. The van der Waals surface area contributed by atoms with Crippen molar-refractivity contribution in [2.45, 2.75) is 0 Å². The molecular weight excluding hydrogens is 362 g/mol. The predicted molar refractivity (Wildman–Crippen MR) is 106 cm³/mol. The van der Waals surface area contributed by atoms with Gasteiger partial charge in [0.25, 0.3) is 0 Å². The van der Waals surface area contributed by atoms with Gasteiger partial charge in [0.15, 0.2) is 0 Å². The van der Waals surface area contributed by atoms with Gasteiger partial charge in [-0.15, -0.1) is 0 Å². The van der Waals surface area contributed by atoms with Crippen LogP contribution in [0.5, 0.6) is 11.5 Å². The first kappa shape index (κ1) is 19.7. The Bertz CT molecular complexity index is 851. The quantitative estimate of drug-likeness (QED) is 0.293. The molecule has 2 aromatic carbocycles. The molecule has 2 aromatic rings. The molecule has 0 amide bonds.